The molecule has 2 saturated carbocycles. The number of hydrogen-bond acceptors (Lipinski definition) is 3. The van der Waals surface area contributed by atoms with Crippen molar-refractivity contribution in [3.05, 3.63) is 35.6 Å². The third-order valence-corrected chi connectivity index (χ3v) is 5.65. The minimum absolute atomic E-state index is 0.0869. The number of fused-ring (bicyclic) bond motifs is 1. The minimum Gasteiger partial charge on any atom is -0.463 e. The van der Waals surface area contributed by atoms with Gasteiger partial charge >= 0.3 is 0 Å². The Hall–Kier alpha value is -1.81. The van der Waals surface area contributed by atoms with Crippen LogP contribution in [0.25, 0.3) is 11.0 Å². The molecule has 116 valence electrons. The van der Waals surface area contributed by atoms with Crippen LogP contribution in [0.5, 0.6) is 0 Å². The van der Waals surface area contributed by atoms with Gasteiger partial charge in [0.15, 0.2) is 0 Å². The van der Waals surface area contributed by atoms with Crippen LogP contribution in [-0.2, 0) is 0 Å². The lowest BCUT2D eigenvalue weighted by atomic mass is 9.69. The third kappa shape index (κ3) is 1.90. The van der Waals surface area contributed by atoms with Gasteiger partial charge in [0.1, 0.15) is 11.8 Å². The largest absolute Gasteiger partial charge is 0.463 e. The molecule has 0 saturated heterocycles. The summed E-state index contributed by atoms with van der Waals surface area (Å²) in [6.45, 7) is 2.53. The van der Waals surface area contributed by atoms with Crippen molar-refractivity contribution < 1.29 is 14.3 Å². The summed E-state index contributed by atoms with van der Waals surface area (Å²) in [6, 6.07) is 5.81. The van der Waals surface area contributed by atoms with E-state index in [0.717, 1.165) is 48.6 Å². The number of aryl methyl sites for hydroxylation is 1. The van der Waals surface area contributed by atoms with E-state index < -0.39 is 5.60 Å². The average Bonchev–Trinajstić information content (AvgIpc) is 3.14. The summed E-state index contributed by atoms with van der Waals surface area (Å²) in [5.41, 5.74) is 1.74. The molecule has 2 aliphatic rings. The Balaban J connectivity index is 1.51. The van der Waals surface area contributed by atoms with Crippen LogP contribution in [-0.4, -0.2) is 23.2 Å². The maximum atomic E-state index is 12.5. The lowest BCUT2D eigenvalue weighted by Gasteiger charge is -2.44. The van der Waals surface area contributed by atoms with Crippen molar-refractivity contribution in [2.24, 2.45) is 5.41 Å². The van der Waals surface area contributed by atoms with E-state index in [9.17, 15) is 9.90 Å². The smallest absolute Gasteiger partial charge is 0.255 e. The molecule has 2 fully saturated rings. The first-order valence-electron chi connectivity index (χ1n) is 8.02. The van der Waals surface area contributed by atoms with E-state index in [0.29, 0.717) is 12.1 Å². The maximum Gasteiger partial charge on any atom is 0.255 e. The Kier molecular flexibility index (Phi) is 2.89. The third-order valence-electron chi connectivity index (χ3n) is 5.65. The number of para-hydroxylation sites is 1. The number of amides is 1. The Morgan fingerprint density at radius 2 is 2.09 bits per heavy atom. The SMILES string of the molecule is Cc1cccc2c(C(=O)NCC3(C4(O)CCC4)CC3)coc12. The van der Waals surface area contributed by atoms with Gasteiger partial charge in [-0.1, -0.05) is 18.2 Å². The van der Waals surface area contributed by atoms with Crippen molar-refractivity contribution in [2.75, 3.05) is 6.54 Å². The fraction of sp³-hybridized carbons (Fsp3) is 0.500. The van der Waals surface area contributed by atoms with Crippen molar-refractivity contribution in [1.82, 2.24) is 5.32 Å². The molecule has 4 rings (SSSR count). The van der Waals surface area contributed by atoms with E-state index in [2.05, 4.69) is 5.32 Å². The summed E-state index contributed by atoms with van der Waals surface area (Å²) >= 11 is 0. The molecule has 22 heavy (non-hydrogen) atoms. The molecule has 4 nitrogen and oxygen atoms in total. The normalized spacial score (nSPS) is 21.4. The van der Waals surface area contributed by atoms with Gasteiger partial charge in [-0.15, -0.1) is 0 Å². The molecule has 2 aliphatic carbocycles. The topological polar surface area (TPSA) is 62.5 Å². The van der Waals surface area contributed by atoms with Crippen LogP contribution in [0.1, 0.15) is 48.0 Å². The standard InChI is InChI=1S/C18H21NO3/c1-12-4-2-5-13-14(10-22-15(12)13)16(20)19-11-17(8-9-17)18(21)6-3-7-18/h2,4-5,10,21H,3,6-9,11H2,1H3,(H,19,20). The Morgan fingerprint density at radius 1 is 1.32 bits per heavy atom. The molecule has 2 N–H and O–H groups in total. The zero-order valence-electron chi connectivity index (χ0n) is 12.8. The Labute approximate surface area is 129 Å². The van der Waals surface area contributed by atoms with Gasteiger partial charge in [0, 0.05) is 17.3 Å². The van der Waals surface area contributed by atoms with Gasteiger partial charge in [-0.2, -0.15) is 0 Å². The summed E-state index contributed by atoms with van der Waals surface area (Å²) in [5, 5.41) is 14.4. The molecule has 0 spiro atoms. The average molecular weight is 299 g/mol. The molecule has 0 atom stereocenters. The van der Waals surface area contributed by atoms with Gasteiger partial charge in [0.05, 0.1) is 11.2 Å². The number of rotatable bonds is 4. The lowest BCUT2D eigenvalue weighted by Crippen LogP contribution is -2.50. The summed E-state index contributed by atoms with van der Waals surface area (Å²) in [7, 11) is 0. The molecule has 1 aromatic carbocycles. The second-order valence-corrected chi connectivity index (χ2v) is 6.95. The van der Waals surface area contributed by atoms with Crippen molar-refractivity contribution >= 4 is 16.9 Å². The van der Waals surface area contributed by atoms with E-state index in [1.54, 1.807) is 0 Å². The van der Waals surface area contributed by atoms with Crippen LogP contribution in [0.3, 0.4) is 0 Å². The van der Waals surface area contributed by atoms with Gasteiger partial charge in [-0.05, 0) is 44.6 Å². The number of nitrogens with one attached hydrogen (secondary N) is 1. The van der Waals surface area contributed by atoms with E-state index in [1.807, 2.05) is 25.1 Å². The molecule has 2 aromatic rings. The molecule has 1 aromatic heterocycles. The highest BCUT2D eigenvalue weighted by atomic mass is 16.3. The number of hydrogen-bond donors (Lipinski definition) is 2. The van der Waals surface area contributed by atoms with Gasteiger partial charge < -0.3 is 14.8 Å². The number of carbonyl (C=O) groups is 1. The van der Waals surface area contributed by atoms with Crippen LogP contribution in [0.2, 0.25) is 0 Å². The van der Waals surface area contributed by atoms with Crippen LogP contribution in [0, 0.1) is 12.3 Å². The molecule has 0 unspecified atom stereocenters. The van der Waals surface area contributed by atoms with Crippen LogP contribution in [0.4, 0.5) is 0 Å². The predicted molar refractivity (Wildman–Crippen MR) is 83.8 cm³/mol. The van der Waals surface area contributed by atoms with Crippen LogP contribution in [0.15, 0.2) is 28.9 Å². The molecule has 4 heteroatoms. The van der Waals surface area contributed by atoms with E-state index >= 15 is 0 Å². The highest BCUT2D eigenvalue weighted by molar-refractivity contribution is 6.06. The highest BCUT2D eigenvalue weighted by Gasteiger charge is 2.60. The lowest BCUT2D eigenvalue weighted by molar-refractivity contribution is -0.0947. The van der Waals surface area contributed by atoms with E-state index in [4.69, 9.17) is 4.42 Å². The summed E-state index contributed by atoms with van der Waals surface area (Å²) in [4.78, 5) is 12.5. The fourth-order valence-electron chi connectivity index (χ4n) is 3.72. The molecule has 1 heterocycles. The van der Waals surface area contributed by atoms with Gasteiger partial charge in [0.25, 0.3) is 5.91 Å². The predicted octanol–water partition coefficient (Wildman–Crippen LogP) is 3.17. The number of carbonyl (C=O) groups excluding carboxylic acids is 1. The van der Waals surface area contributed by atoms with Crippen molar-refractivity contribution in [3.8, 4) is 0 Å². The van der Waals surface area contributed by atoms with Gasteiger partial charge in [0.2, 0.25) is 0 Å². The molecule has 0 aliphatic heterocycles. The van der Waals surface area contributed by atoms with Crippen molar-refractivity contribution in [3.63, 3.8) is 0 Å². The van der Waals surface area contributed by atoms with Gasteiger partial charge in [-0.25, -0.2) is 0 Å². The molecular formula is C18H21NO3. The molecular weight excluding hydrogens is 278 g/mol. The first kappa shape index (κ1) is 13.8. The Morgan fingerprint density at radius 3 is 2.73 bits per heavy atom. The first-order chi connectivity index (χ1) is 10.5. The van der Waals surface area contributed by atoms with Crippen LogP contribution < -0.4 is 5.32 Å². The second kappa shape index (κ2) is 4.59. The van der Waals surface area contributed by atoms with Gasteiger partial charge in [-0.3, -0.25) is 4.79 Å². The molecule has 0 radical (unpaired) electrons. The number of aliphatic hydroxyl groups is 1. The first-order valence-corrected chi connectivity index (χ1v) is 8.02. The fourth-order valence-corrected chi connectivity index (χ4v) is 3.72. The summed E-state index contributed by atoms with van der Waals surface area (Å²) < 4.78 is 5.54. The molecule has 0 bridgehead atoms. The zero-order chi connectivity index (χ0) is 15.4. The van der Waals surface area contributed by atoms with E-state index in [1.165, 1.54) is 6.26 Å². The van der Waals surface area contributed by atoms with Crippen molar-refractivity contribution in [2.45, 2.75) is 44.6 Å². The quantitative estimate of drug-likeness (QED) is 0.911. The number of furan rings is 1. The van der Waals surface area contributed by atoms with E-state index in [-0.39, 0.29) is 11.3 Å². The summed E-state index contributed by atoms with van der Waals surface area (Å²) in [6.07, 6.45) is 6.39. The molecule has 1 amide bonds. The minimum atomic E-state index is -0.546. The monoisotopic (exact) mass is 299 g/mol. The van der Waals surface area contributed by atoms with Crippen LogP contribution >= 0.6 is 0 Å². The maximum absolute atomic E-state index is 12.5. The Bertz CT molecular complexity index is 738. The van der Waals surface area contributed by atoms with Crippen molar-refractivity contribution in [1.29, 1.82) is 0 Å². The number of benzene rings is 1. The summed E-state index contributed by atoms with van der Waals surface area (Å²) in [5.74, 6) is -0.112. The second-order valence-electron chi connectivity index (χ2n) is 6.95. The highest BCUT2D eigenvalue weighted by Crippen LogP contribution is 2.60. The zero-order valence-corrected chi connectivity index (χ0v) is 12.8.